The molecule has 0 atom stereocenters. The van der Waals surface area contributed by atoms with Crippen LogP contribution in [0.4, 0.5) is 0 Å². The van der Waals surface area contributed by atoms with Gasteiger partial charge >= 0.3 is 0 Å². The third kappa shape index (κ3) is 1.29. The number of benzene rings is 1. The van der Waals surface area contributed by atoms with Crippen molar-refractivity contribution in [1.29, 1.82) is 0 Å². The molecule has 0 saturated carbocycles. The summed E-state index contributed by atoms with van der Waals surface area (Å²) in [5.74, 6) is 0. The second-order valence-corrected chi connectivity index (χ2v) is 4.51. The molecule has 3 heteroatoms. The molecule has 0 fully saturated rings. The first-order chi connectivity index (χ1) is 7.27. The largest absolute Gasteiger partial charge is 0.331 e. The molecular weight excluding hydrogens is 208 g/mol. The van der Waals surface area contributed by atoms with Crippen LogP contribution in [-0.2, 0) is 13.1 Å². The Balaban J connectivity index is 2.38. The Bertz CT molecular complexity index is 528. The van der Waals surface area contributed by atoms with E-state index in [4.69, 9.17) is 11.6 Å². The molecule has 2 aromatic rings. The molecular formula is C12H13ClN2. The summed E-state index contributed by atoms with van der Waals surface area (Å²) in [5.41, 5.74) is 4.12. The number of hydrogen-bond acceptors (Lipinski definition) is 1. The fourth-order valence-corrected chi connectivity index (χ4v) is 2.62. The van der Waals surface area contributed by atoms with Crippen molar-refractivity contribution in [3.05, 3.63) is 34.5 Å². The fourth-order valence-electron chi connectivity index (χ4n) is 2.45. The van der Waals surface area contributed by atoms with Crippen LogP contribution in [-0.4, -0.2) is 11.1 Å². The smallest absolute Gasteiger partial charge is 0.0728 e. The van der Waals surface area contributed by atoms with Gasteiger partial charge in [-0.3, -0.25) is 5.32 Å². The van der Waals surface area contributed by atoms with E-state index in [0.717, 1.165) is 24.7 Å². The molecule has 0 saturated heterocycles. The summed E-state index contributed by atoms with van der Waals surface area (Å²) < 4.78 is 2.35. The zero-order valence-electron chi connectivity index (χ0n) is 8.68. The van der Waals surface area contributed by atoms with Crippen molar-refractivity contribution in [2.45, 2.75) is 20.0 Å². The van der Waals surface area contributed by atoms with Gasteiger partial charge in [0.2, 0.25) is 0 Å². The van der Waals surface area contributed by atoms with Gasteiger partial charge in [-0.2, -0.15) is 0 Å². The molecule has 2 nitrogen and oxygen atoms in total. The van der Waals surface area contributed by atoms with Crippen molar-refractivity contribution >= 4 is 22.5 Å². The summed E-state index contributed by atoms with van der Waals surface area (Å²) in [6.45, 7) is 4.18. The highest BCUT2D eigenvalue weighted by Crippen LogP contribution is 2.29. The summed E-state index contributed by atoms with van der Waals surface area (Å²) in [4.78, 5) is 0. The van der Waals surface area contributed by atoms with E-state index in [2.05, 4.69) is 28.9 Å². The maximum atomic E-state index is 6.03. The van der Waals surface area contributed by atoms with Crippen molar-refractivity contribution in [3.8, 4) is 0 Å². The topological polar surface area (TPSA) is 17.0 Å². The first-order valence-electron chi connectivity index (χ1n) is 5.25. The molecule has 1 N–H and O–H groups in total. The van der Waals surface area contributed by atoms with Crippen LogP contribution in [0.25, 0.3) is 10.9 Å². The van der Waals surface area contributed by atoms with Gasteiger partial charge in [-0.15, -0.1) is 0 Å². The van der Waals surface area contributed by atoms with E-state index in [1.165, 1.54) is 22.2 Å². The summed E-state index contributed by atoms with van der Waals surface area (Å²) in [7, 11) is 0. The van der Waals surface area contributed by atoms with Crippen molar-refractivity contribution in [3.63, 3.8) is 0 Å². The van der Waals surface area contributed by atoms with Gasteiger partial charge in [0.1, 0.15) is 0 Å². The Kier molecular flexibility index (Phi) is 2.01. The number of hydrogen-bond donors (Lipinski definition) is 1. The molecule has 3 rings (SSSR count). The van der Waals surface area contributed by atoms with Gasteiger partial charge in [0.05, 0.1) is 6.67 Å². The monoisotopic (exact) mass is 220 g/mol. The molecule has 0 aliphatic carbocycles. The van der Waals surface area contributed by atoms with Gasteiger partial charge in [-0.05, 0) is 30.7 Å². The molecule has 1 aromatic carbocycles. The highest BCUT2D eigenvalue weighted by Gasteiger charge is 2.16. The summed E-state index contributed by atoms with van der Waals surface area (Å²) in [6, 6.07) is 6.14. The summed E-state index contributed by atoms with van der Waals surface area (Å²) >= 11 is 6.03. The van der Waals surface area contributed by atoms with E-state index in [-0.39, 0.29) is 0 Å². The SMILES string of the molecule is Cc1c2n(c3ccc(Cl)cc13)CNCC2. The van der Waals surface area contributed by atoms with Crippen LogP contribution in [0, 0.1) is 6.92 Å². The number of aryl methyl sites for hydroxylation is 1. The first kappa shape index (κ1) is 9.25. The lowest BCUT2D eigenvalue weighted by Crippen LogP contribution is -2.28. The Morgan fingerprint density at radius 2 is 2.27 bits per heavy atom. The molecule has 1 aromatic heterocycles. The average Bonchev–Trinajstić information content (AvgIpc) is 2.54. The molecule has 0 radical (unpaired) electrons. The van der Waals surface area contributed by atoms with E-state index in [1.54, 1.807) is 0 Å². The number of rotatable bonds is 0. The average molecular weight is 221 g/mol. The minimum atomic E-state index is 0.821. The predicted octanol–water partition coefficient (Wildman–Crippen LogP) is 2.71. The fraction of sp³-hybridized carbons (Fsp3) is 0.333. The molecule has 1 aliphatic rings. The lowest BCUT2D eigenvalue weighted by Gasteiger charge is -2.17. The second-order valence-electron chi connectivity index (χ2n) is 4.07. The normalized spacial score (nSPS) is 15.6. The molecule has 0 amide bonds. The third-order valence-electron chi connectivity index (χ3n) is 3.22. The Morgan fingerprint density at radius 3 is 3.13 bits per heavy atom. The van der Waals surface area contributed by atoms with E-state index in [0.29, 0.717) is 0 Å². The zero-order chi connectivity index (χ0) is 10.4. The van der Waals surface area contributed by atoms with Gasteiger partial charge in [0, 0.05) is 34.6 Å². The minimum absolute atomic E-state index is 0.821. The molecule has 2 heterocycles. The lowest BCUT2D eigenvalue weighted by atomic mass is 10.1. The maximum absolute atomic E-state index is 6.03. The van der Waals surface area contributed by atoms with Gasteiger partial charge < -0.3 is 4.57 Å². The van der Waals surface area contributed by atoms with Gasteiger partial charge in [0.25, 0.3) is 0 Å². The van der Waals surface area contributed by atoms with E-state index in [9.17, 15) is 0 Å². The quantitative estimate of drug-likeness (QED) is 0.723. The van der Waals surface area contributed by atoms with Crippen molar-refractivity contribution in [2.24, 2.45) is 0 Å². The van der Waals surface area contributed by atoms with Crippen molar-refractivity contribution < 1.29 is 0 Å². The number of fused-ring (bicyclic) bond motifs is 3. The number of aromatic nitrogens is 1. The maximum Gasteiger partial charge on any atom is 0.0728 e. The van der Waals surface area contributed by atoms with Gasteiger partial charge in [-0.1, -0.05) is 11.6 Å². The van der Waals surface area contributed by atoms with Crippen LogP contribution in [0.3, 0.4) is 0 Å². The van der Waals surface area contributed by atoms with Gasteiger partial charge in [0.15, 0.2) is 0 Å². The first-order valence-corrected chi connectivity index (χ1v) is 5.63. The third-order valence-corrected chi connectivity index (χ3v) is 3.46. The molecule has 78 valence electrons. The lowest BCUT2D eigenvalue weighted by molar-refractivity contribution is 0.505. The van der Waals surface area contributed by atoms with Crippen LogP contribution >= 0.6 is 11.6 Å². The number of nitrogens with zero attached hydrogens (tertiary/aromatic N) is 1. The Morgan fingerprint density at radius 1 is 1.40 bits per heavy atom. The highest BCUT2D eigenvalue weighted by atomic mass is 35.5. The predicted molar refractivity (Wildman–Crippen MR) is 63.4 cm³/mol. The highest BCUT2D eigenvalue weighted by molar-refractivity contribution is 6.31. The second kappa shape index (κ2) is 3.26. The molecule has 0 unspecified atom stereocenters. The van der Waals surface area contributed by atoms with Crippen LogP contribution in [0.15, 0.2) is 18.2 Å². The molecule has 15 heavy (non-hydrogen) atoms. The molecule has 1 aliphatic heterocycles. The van der Waals surface area contributed by atoms with Crippen LogP contribution in [0.2, 0.25) is 5.02 Å². The van der Waals surface area contributed by atoms with E-state index >= 15 is 0 Å². The van der Waals surface area contributed by atoms with Crippen LogP contribution in [0.5, 0.6) is 0 Å². The summed E-state index contributed by atoms with van der Waals surface area (Å²) in [6.07, 6.45) is 1.11. The molecule has 0 bridgehead atoms. The zero-order valence-corrected chi connectivity index (χ0v) is 9.43. The van der Waals surface area contributed by atoms with Gasteiger partial charge in [-0.25, -0.2) is 0 Å². The standard InChI is InChI=1S/C12H13ClN2/c1-8-10-6-9(13)2-3-12(10)15-7-14-5-4-11(8)15/h2-3,6,14H,4-5,7H2,1H3. The van der Waals surface area contributed by atoms with Crippen molar-refractivity contribution in [1.82, 2.24) is 9.88 Å². The van der Waals surface area contributed by atoms with E-state index < -0.39 is 0 Å². The number of halogens is 1. The van der Waals surface area contributed by atoms with E-state index in [1.807, 2.05) is 6.07 Å². The van der Waals surface area contributed by atoms with Crippen LogP contribution in [0.1, 0.15) is 11.3 Å². The van der Waals surface area contributed by atoms with Crippen molar-refractivity contribution in [2.75, 3.05) is 6.54 Å². The minimum Gasteiger partial charge on any atom is -0.331 e. The van der Waals surface area contributed by atoms with Crippen LogP contribution < -0.4 is 5.32 Å². The summed E-state index contributed by atoms with van der Waals surface area (Å²) in [5, 5.41) is 5.50. The Labute approximate surface area is 93.8 Å². The number of nitrogens with one attached hydrogen (secondary N) is 1. The Hall–Kier alpha value is -0.990. The molecule has 0 spiro atoms.